The van der Waals surface area contributed by atoms with Gasteiger partial charge in [-0.2, -0.15) is 0 Å². The molecule has 1 atom stereocenters. The monoisotopic (exact) mass is 346 g/mol. The lowest BCUT2D eigenvalue weighted by Crippen LogP contribution is -2.35. The summed E-state index contributed by atoms with van der Waals surface area (Å²) in [5.41, 5.74) is -0.336. The minimum atomic E-state index is -1.51. The van der Waals surface area contributed by atoms with E-state index in [1.807, 2.05) is 6.07 Å². The number of hydrogen-bond acceptors (Lipinski definition) is 5. The van der Waals surface area contributed by atoms with E-state index in [2.05, 4.69) is 11.9 Å². The zero-order valence-electron chi connectivity index (χ0n) is 14.9. The van der Waals surface area contributed by atoms with Gasteiger partial charge < -0.3 is 9.84 Å². The van der Waals surface area contributed by atoms with Gasteiger partial charge in [-0.05, 0) is 30.7 Å². The maximum atomic E-state index is 11.3. The Morgan fingerprint density at radius 2 is 1.96 bits per heavy atom. The molecule has 0 amide bonds. The van der Waals surface area contributed by atoms with E-state index in [0.29, 0.717) is 18.1 Å². The Bertz CT molecular complexity index is 720. The molecule has 0 aliphatic carbocycles. The molecule has 6 nitrogen and oxygen atoms in total. The fraction of sp³-hybridized carbons (Fsp3) is 0.526. The van der Waals surface area contributed by atoms with Crippen LogP contribution in [0.25, 0.3) is 10.9 Å². The molecule has 0 spiro atoms. The average molecular weight is 346 g/mol. The highest BCUT2D eigenvalue weighted by molar-refractivity contribution is 5.80. The van der Waals surface area contributed by atoms with E-state index >= 15 is 0 Å². The third-order valence-corrected chi connectivity index (χ3v) is 4.49. The average Bonchev–Trinajstić information content (AvgIpc) is 2.63. The normalized spacial score (nSPS) is 13.6. The molecule has 0 aliphatic rings. The van der Waals surface area contributed by atoms with Crippen LogP contribution in [0.1, 0.15) is 51.5 Å². The molecule has 0 saturated heterocycles. The molecule has 25 heavy (non-hydrogen) atoms. The van der Waals surface area contributed by atoms with Gasteiger partial charge >= 0.3 is 0 Å². The number of nitro groups is 1. The Kier molecular flexibility index (Phi) is 6.70. The molecule has 1 unspecified atom stereocenters. The quantitative estimate of drug-likeness (QED) is 0.398. The van der Waals surface area contributed by atoms with Crippen molar-refractivity contribution in [2.24, 2.45) is 0 Å². The molecule has 6 heteroatoms. The SMILES string of the molecule is CCCCCCCOc1ccc2cc(C(C)(CO)[N+](=O)[O-])ccc2n1. The summed E-state index contributed by atoms with van der Waals surface area (Å²) < 4.78 is 5.69. The standard InChI is InChI=1S/C19H26N2O4/c1-3-4-5-6-7-12-25-18-11-8-15-13-16(9-10-17(15)20-18)19(2,14-22)21(23)24/h8-11,13,22H,3-7,12,14H2,1-2H3. The zero-order chi connectivity index (χ0) is 18.3. The number of pyridine rings is 1. The highest BCUT2D eigenvalue weighted by atomic mass is 16.6. The van der Waals surface area contributed by atoms with Gasteiger partial charge in [-0.3, -0.25) is 10.1 Å². The van der Waals surface area contributed by atoms with Crippen molar-refractivity contribution in [1.29, 1.82) is 0 Å². The van der Waals surface area contributed by atoms with E-state index < -0.39 is 17.1 Å². The summed E-state index contributed by atoms with van der Waals surface area (Å²) in [6.07, 6.45) is 5.88. The summed E-state index contributed by atoms with van der Waals surface area (Å²) in [5, 5.41) is 21.5. The summed E-state index contributed by atoms with van der Waals surface area (Å²) in [6.45, 7) is 3.69. The van der Waals surface area contributed by atoms with E-state index in [9.17, 15) is 15.2 Å². The van der Waals surface area contributed by atoms with Crippen LogP contribution in [0.15, 0.2) is 30.3 Å². The molecule has 2 aromatic rings. The van der Waals surface area contributed by atoms with Crippen molar-refractivity contribution < 1.29 is 14.8 Å². The first-order valence-electron chi connectivity index (χ1n) is 8.80. The Morgan fingerprint density at radius 1 is 1.20 bits per heavy atom. The number of rotatable bonds is 10. The van der Waals surface area contributed by atoms with E-state index in [-0.39, 0.29) is 0 Å². The predicted molar refractivity (Wildman–Crippen MR) is 97.4 cm³/mol. The number of aliphatic hydroxyl groups is 1. The third kappa shape index (κ3) is 4.66. The smallest absolute Gasteiger partial charge is 0.266 e. The van der Waals surface area contributed by atoms with Crippen LogP contribution in [-0.4, -0.2) is 28.2 Å². The molecule has 0 fully saturated rings. The molecule has 136 valence electrons. The Morgan fingerprint density at radius 3 is 2.64 bits per heavy atom. The maximum absolute atomic E-state index is 11.3. The van der Waals surface area contributed by atoms with Crippen molar-refractivity contribution in [2.45, 2.75) is 51.5 Å². The molecule has 1 heterocycles. The van der Waals surface area contributed by atoms with Crippen molar-refractivity contribution in [1.82, 2.24) is 4.98 Å². The van der Waals surface area contributed by atoms with Gasteiger partial charge in [0.2, 0.25) is 5.88 Å². The van der Waals surface area contributed by atoms with Crippen molar-refractivity contribution in [3.8, 4) is 5.88 Å². The molecule has 0 aliphatic heterocycles. The molecule has 1 aromatic heterocycles. The first kappa shape index (κ1) is 19.1. The molecule has 0 saturated carbocycles. The molecule has 0 radical (unpaired) electrons. The summed E-state index contributed by atoms with van der Waals surface area (Å²) >= 11 is 0. The Labute approximate surface area is 148 Å². The van der Waals surface area contributed by atoms with Gasteiger partial charge in [0.15, 0.2) is 0 Å². The lowest BCUT2D eigenvalue weighted by Gasteiger charge is -2.19. The zero-order valence-corrected chi connectivity index (χ0v) is 14.9. The van der Waals surface area contributed by atoms with Crippen LogP contribution in [0.2, 0.25) is 0 Å². The first-order chi connectivity index (χ1) is 12.0. The highest BCUT2D eigenvalue weighted by Gasteiger charge is 2.38. The first-order valence-corrected chi connectivity index (χ1v) is 8.80. The number of aromatic nitrogens is 1. The van der Waals surface area contributed by atoms with E-state index in [1.165, 1.54) is 26.2 Å². The Hall–Kier alpha value is -2.21. The number of ether oxygens (including phenoxy) is 1. The number of fused-ring (bicyclic) bond motifs is 1. The van der Waals surface area contributed by atoms with Gasteiger partial charge in [0.05, 0.1) is 12.1 Å². The largest absolute Gasteiger partial charge is 0.478 e. The van der Waals surface area contributed by atoms with Crippen LogP contribution in [0.4, 0.5) is 0 Å². The number of benzene rings is 1. The van der Waals surface area contributed by atoms with Gasteiger partial charge in [0, 0.05) is 28.9 Å². The van der Waals surface area contributed by atoms with Gasteiger partial charge in [-0.25, -0.2) is 4.98 Å². The molecular weight excluding hydrogens is 320 g/mol. The van der Waals surface area contributed by atoms with E-state index in [0.717, 1.165) is 23.7 Å². The molecule has 0 bridgehead atoms. The number of hydrogen-bond donors (Lipinski definition) is 1. The third-order valence-electron chi connectivity index (χ3n) is 4.49. The minimum absolute atomic E-state index is 0.457. The summed E-state index contributed by atoms with van der Waals surface area (Å²) in [4.78, 5) is 15.3. The van der Waals surface area contributed by atoms with Crippen LogP contribution in [0.5, 0.6) is 5.88 Å². The summed E-state index contributed by atoms with van der Waals surface area (Å²) in [5.74, 6) is 0.565. The fourth-order valence-corrected chi connectivity index (χ4v) is 2.66. The van der Waals surface area contributed by atoms with Gasteiger partial charge in [-0.15, -0.1) is 0 Å². The molecular formula is C19H26N2O4. The van der Waals surface area contributed by atoms with Crippen LogP contribution in [0, 0.1) is 10.1 Å². The van der Waals surface area contributed by atoms with Crippen LogP contribution in [0.3, 0.4) is 0 Å². The maximum Gasteiger partial charge on any atom is 0.266 e. The second-order valence-electron chi connectivity index (χ2n) is 6.51. The van der Waals surface area contributed by atoms with Crippen molar-refractivity contribution in [3.63, 3.8) is 0 Å². The summed E-state index contributed by atoms with van der Waals surface area (Å²) in [7, 11) is 0. The van der Waals surface area contributed by atoms with E-state index in [4.69, 9.17) is 4.74 Å². The lowest BCUT2D eigenvalue weighted by molar-refractivity contribution is -0.578. The van der Waals surface area contributed by atoms with Crippen LogP contribution >= 0.6 is 0 Å². The van der Waals surface area contributed by atoms with E-state index in [1.54, 1.807) is 24.3 Å². The topological polar surface area (TPSA) is 85.5 Å². The molecule has 2 rings (SSSR count). The van der Waals surface area contributed by atoms with Gasteiger partial charge in [-0.1, -0.05) is 32.6 Å². The van der Waals surface area contributed by atoms with Crippen molar-refractivity contribution >= 4 is 10.9 Å². The van der Waals surface area contributed by atoms with Crippen molar-refractivity contribution in [3.05, 3.63) is 46.0 Å². The van der Waals surface area contributed by atoms with Gasteiger partial charge in [0.1, 0.15) is 6.61 Å². The second kappa shape index (κ2) is 8.76. The number of aliphatic hydroxyl groups excluding tert-OH is 1. The second-order valence-corrected chi connectivity index (χ2v) is 6.51. The lowest BCUT2D eigenvalue weighted by atomic mass is 9.92. The van der Waals surface area contributed by atoms with Crippen LogP contribution < -0.4 is 4.74 Å². The number of unbranched alkanes of at least 4 members (excludes halogenated alkanes) is 4. The van der Waals surface area contributed by atoms with Gasteiger partial charge in [0.25, 0.3) is 5.54 Å². The molecule has 1 N–H and O–H groups in total. The Balaban J connectivity index is 2.07. The van der Waals surface area contributed by atoms with Crippen molar-refractivity contribution in [2.75, 3.05) is 13.2 Å². The highest BCUT2D eigenvalue weighted by Crippen LogP contribution is 2.27. The molecule has 1 aromatic carbocycles. The predicted octanol–water partition coefficient (Wildman–Crippen LogP) is 4.07. The number of nitrogens with zero attached hydrogens (tertiary/aromatic N) is 2. The fourth-order valence-electron chi connectivity index (χ4n) is 2.66. The summed E-state index contributed by atoms with van der Waals surface area (Å²) in [6, 6.07) is 8.70. The minimum Gasteiger partial charge on any atom is -0.478 e. The van der Waals surface area contributed by atoms with Crippen LogP contribution in [-0.2, 0) is 5.54 Å².